The molecule has 70 valence electrons. The van der Waals surface area contributed by atoms with Crippen molar-refractivity contribution in [1.82, 2.24) is 0 Å². The summed E-state index contributed by atoms with van der Waals surface area (Å²) in [6.07, 6.45) is 3.69. The van der Waals surface area contributed by atoms with E-state index in [1.54, 1.807) is 11.3 Å². The van der Waals surface area contributed by atoms with Gasteiger partial charge in [-0.1, -0.05) is 24.8 Å². The highest BCUT2D eigenvalue weighted by molar-refractivity contribution is 7.20. The highest BCUT2D eigenvalue weighted by Crippen LogP contribution is 2.38. The molecule has 1 heterocycles. The minimum Gasteiger partial charge on any atom is -0.259 e. The number of rotatable bonds is 2. The van der Waals surface area contributed by atoms with E-state index >= 15 is 0 Å². The lowest BCUT2D eigenvalue weighted by Crippen LogP contribution is -1.66. The lowest BCUT2D eigenvalue weighted by molar-refractivity contribution is 1.60. The summed E-state index contributed by atoms with van der Waals surface area (Å²) in [5, 5.41) is 1.21. The normalized spacial score (nSPS) is 11.2. The van der Waals surface area contributed by atoms with Gasteiger partial charge in [0.1, 0.15) is 0 Å². The van der Waals surface area contributed by atoms with Crippen LogP contribution in [0.15, 0.2) is 35.8 Å². The van der Waals surface area contributed by atoms with Crippen molar-refractivity contribution in [3.63, 3.8) is 0 Å². The minimum atomic E-state index is 1.04. The third-order valence-corrected chi connectivity index (χ3v) is 3.19. The topological polar surface area (TPSA) is 12.4 Å². The Balaban J connectivity index is 2.80. The number of aliphatic imine (C=N–C) groups is 1. The Morgan fingerprint density at radius 1 is 1.36 bits per heavy atom. The van der Waals surface area contributed by atoms with Crippen LogP contribution in [0, 0.1) is 0 Å². The molecule has 0 amide bonds. The van der Waals surface area contributed by atoms with Gasteiger partial charge in [-0.05, 0) is 19.1 Å². The number of hydrogen-bond acceptors (Lipinski definition) is 2. The van der Waals surface area contributed by atoms with Crippen molar-refractivity contribution in [3.8, 4) is 0 Å². The predicted molar refractivity (Wildman–Crippen MR) is 65.7 cm³/mol. The quantitative estimate of drug-likeness (QED) is 0.643. The molecule has 1 aromatic carbocycles. The maximum absolute atomic E-state index is 4.38. The molecular weight excluding hydrogens is 190 g/mol. The second-order valence-corrected chi connectivity index (χ2v) is 3.99. The number of hydrogen-bond donors (Lipinski definition) is 0. The average molecular weight is 201 g/mol. The van der Waals surface area contributed by atoms with Gasteiger partial charge in [0.15, 0.2) is 0 Å². The van der Waals surface area contributed by atoms with Gasteiger partial charge in [-0.15, -0.1) is 11.3 Å². The zero-order valence-electron chi connectivity index (χ0n) is 8.03. The lowest BCUT2D eigenvalue weighted by atomic mass is 10.2. The molecule has 0 bridgehead atoms. The first kappa shape index (κ1) is 9.16. The molecule has 1 nitrogen and oxygen atoms in total. The molecular formula is C12H11NS. The van der Waals surface area contributed by atoms with E-state index in [2.05, 4.69) is 23.7 Å². The van der Waals surface area contributed by atoms with Gasteiger partial charge in [-0.25, -0.2) is 0 Å². The fourth-order valence-electron chi connectivity index (χ4n) is 1.45. The molecule has 0 N–H and O–H groups in total. The lowest BCUT2D eigenvalue weighted by Gasteiger charge is -1.91. The zero-order chi connectivity index (χ0) is 9.97. The highest BCUT2D eigenvalue weighted by atomic mass is 32.1. The van der Waals surface area contributed by atoms with Crippen LogP contribution < -0.4 is 0 Å². The van der Waals surface area contributed by atoms with E-state index in [1.807, 2.05) is 31.3 Å². The highest BCUT2D eigenvalue weighted by Gasteiger charge is 2.06. The summed E-state index contributed by atoms with van der Waals surface area (Å²) in [5.41, 5.74) is 1.04. The monoisotopic (exact) mass is 201 g/mol. The molecule has 0 radical (unpaired) electrons. The summed E-state index contributed by atoms with van der Waals surface area (Å²) in [6, 6.07) is 8.30. The molecule has 2 aromatic rings. The van der Waals surface area contributed by atoms with Crippen LogP contribution in [-0.2, 0) is 0 Å². The van der Waals surface area contributed by atoms with Gasteiger partial charge in [0.2, 0.25) is 0 Å². The zero-order valence-corrected chi connectivity index (χ0v) is 8.84. The third-order valence-electron chi connectivity index (χ3n) is 2.04. The number of fused-ring (bicyclic) bond motifs is 1. The van der Waals surface area contributed by atoms with Gasteiger partial charge >= 0.3 is 0 Å². The third kappa shape index (κ3) is 1.38. The van der Waals surface area contributed by atoms with Crippen LogP contribution in [0.5, 0.6) is 0 Å². The summed E-state index contributed by atoms with van der Waals surface area (Å²) in [4.78, 5) is 5.52. The van der Waals surface area contributed by atoms with Gasteiger partial charge in [0.25, 0.3) is 0 Å². The van der Waals surface area contributed by atoms with E-state index in [0.717, 1.165) is 10.6 Å². The van der Waals surface area contributed by atoms with E-state index in [-0.39, 0.29) is 0 Å². The van der Waals surface area contributed by atoms with Crippen molar-refractivity contribution >= 4 is 39.4 Å². The van der Waals surface area contributed by atoms with Crippen LogP contribution in [0.2, 0.25) is 0 Å². The molecule has 0 saturated carbocycles. The summed E-state index contributed by atoms with van der Waals surface area (Å²) < 4.78 is 1.27. The van der Waals surface area contributed by atoms with E-state index in [1.165, 1.54) is 10.1 Å². The van der Waals surface area contributed by atoms with Gasteiger partial charge in [-0.3, -0.25) is 4.99 Å². The Bertz CT molecular complexity index is 494. The van der Waals surface area contributed by atoms with Gasteiger partial charge in [-0.2, -0.15) is 0 Å². The molecule has 0 aliphatic rings. The van der Waals surface area contributed by atoms with Crippen LogP contribution in [0.25, 0.3) is 16.2 Å². The first-order valence-corrected chi connectivity index (χ1v) is 5.31. The smallest absolute Gasteiger partial charge is 0.0884 e. The Hall–Kier alpha value is -1.41. The van der Waals surface area contributed by atoms with E-state index in [0.29, 0.717) is 0 Å². The average Bonchev–Trinajstić information content (AvgIpc) is 2.58. The largest absolute Gasteiger partial charge is 0.259 e. The maximum Gasteiger partial charge on any atom is 0.0884 e. The van der Waals surface area contributed by atoms with Crippen LogP contribution in [0.1, 0.15) is 11.8 Å². The van der Waals surface area contributed by atoms with E-state index in [9.17, 15) is 0 Å². The molecule has 0 saturated heterocycles. The molecule has 2 rings (SSSR count). The molecule has 1 aromatic heterocycles. The molecule has 2 heteroatoms. The van der Waals surface area contributed by atoms with Gasteiger partial charge in [0, 0.05) is 16.3 Å². The van der Waals surface area contributed by atoms with Gasteiger partial charge < -0.3 is 0 Å². The van der Waals surface area contributed by atoms with Crippen molar-refractivity contribution in [2.24, 2.45) is 4.99 Å². The van der Waals surface area contributed by atoms with Crippen molar-refractivity contribution in [3.05, 3.63) is 35.7 Å². The molecule has 0 fully saturated rings. The SMILES string of the molecule is C=Cc1sc2ccccc2c1N=CC. The van der Waals surface area contributed by atoms with Gasteiger partial charge in [0.05, 0.1) is 10.6 Å². The second-order valence-electron chi connectivity index (χ2n) is 2.90. The van der Waals surface area contributed by atoms with E-state index in [4.69, 9.17) is 0 Å². The second kappa shape index (κ2) is 3.76. The van der Waals surface area contributed by atoms with Crippen molar-refractivity contribution in [1.29, 1.82) is 0 Å². The molecule has 0 aliphatic heterocycles. The minimum absolute atomic E-state index is 1.04. The number of thiophene rings is 1. The van der Waals surface area contributed by atoms with Crippen molar-refractivity contribution < 1.29 is 0 Å². The Labute approximate surface area is 87.4 Å². The number of nitrogens with zero attached hydrogens (tertiary/aromatic N) is 1. The van der Waals surface area contributed by atoms with Crippen molar-refractivity contribution in [2.75, 3.05) is 0 Å². The fourth-order valence-corrected chi connectivity index (χ4v) is 2.45. The molecule has 0 aliphatic carbocycles. The van der Waals surface area contributed by atoms with Crippen LogP contribution in [0.4, 0.5) is 5.69 Å². The summed E-state index contributed by atoms with van der Waals surface area (Å²) in [5.74, 6) is 0. The molecule has 0 spiro atoms. The molecule has 0 unspecified atom stereocenters. The summed E-state index contributed by atoms with van der Waals surface area (Å²) >= 11 is 1.73. The van der Waals surface area contributed by atoms with E-state index < -0.39 is 0 Å². The first-order valence-electron chi connectivity index (χ1n) is 4.49. The van der Waals surface area contributed by atoms with Crippen molar-refractivity contribution in [2.45, 2.75) is 6.92 Å². The molecule has 0 atom stereocenters. The summed E-state index contributed by atoms with van der Waals surface area (Å²) in [7, 11) is 0. The van der Waals surface area contributed by atoms with Crippen LogP contribution in [-0.4, -0.2) is 6.21 Å². The Morgan fingerprint density at radius 2 is 2.14 bits per heavy atom. The predicted octanol–water partition coefficient (Wildman–Crippen LogP) is 4.27. The Morgan fingerprint density at radius 3 is 2.86 bits per heavy atom. The van der Waals surface area contributed by atoms with Crippen LogP contribution >= 0.6 is 11.3 Å². The molecule has 14 heavy (non-hydrogen) atoms. The Kier molecular flexibility index (Phi) is 2.46. The fraction of sp³-hybridized carbons (Fsp3) is 0.0833. The van der Waals surface area contributed by atoms with Crippen LogP contribution in [0.3, 0.4) is 0 Å². The first-order chi connectivity index (χ1) is 6.86. The summed E-state index contributed by atoms with van der Waals surface area (Å²) in [6.45, 7) is 5.74. The maximum atomic E-state index is 4.38. The standard InChI is InChI=1S/C12H11NS/c1-3-10-12(13-4-2)9-7-5-6-8-11(9)14-10/h3-8H,1H2,2H3. The number of benzene rings is 1.